The number of amides is 5. The van der Waals surface area contributed by atoms with E-state index in [0.29, 0.717) is 32.4 Å². The molecule has 13 nitrogen and oxygen atoms in total. The van der Waals surface area contributed by atoms with Gasteiger partial charge in [0.05, 0.1) is 19.1 Å². The third-order valence-electron chi connectivity index (χ3n) is 9.01. The molecule has 3 aliphatic rings. The van der Waals surface area contributed by atoms with Gasteiger partial charge in [-0.3, -0.25) is 28.8 Å². The van der Waals surface area contributed by atoms with E-state index < -0.39 is 59.9 Å². The summed E-state index contributed by atoms with van der Waals surface area (Å²) in [7, 11) is 4.59. The maximum absolute atomic E-state index is 14.0. The van der Waals surface area contributed by atoms with Crippen LogP contribution in [0.4, 0.5) is 0 Å². The van der Waals surface area contributed by atoms with E-state index in [1.807, 2.05) is 27.7 Å². The first kappa shape index (κ1) is 34.3. The minimum atomic E-state index is -1.14. The lowest BCUT2D eigenvalue weighted by molar-refractivity contribution is -0.162. The molecule has 0 aromatic heterocycles. The highest BCUT2D eigenvalue weighted by atomic mass is 16.6. The van der Waals surface area contributed by atoms with Crippen LogP contribution in [0, 0.1) is 11.8 Å². The number of hydrogen-bond acceptors (Lipinski definition) is 8. The lowest BCUT2D eigenvalue weighted by Gasteiger charge is -2.38. The van der Waals surface area contributed by atoms with Crippen molar-refractivity contribution in [2.45, 2.75) is 103 Å². The van der Waals surface area contributed by atoms with Gasteiger partial charge < -0.3 is 34.4 Å². The average molecular weight is 608 g/mol. The van der Waals surface area contributed by atoms with Gasteiger partial charge in [-0.15, -0.1) is 0 Å². The normalized spacial score (nSPS) is 31.4. The summed E-state index contributed by atoms with van der Waals surface area (Å²) in [5.74, 6) is -3.39. The topological polar surface area (TPSA) is 149 Å². The summed E-state index contributed by atoms with van der Waals surface area (Å²) in [5, 5.41) is 2.90. The highest BCUT2D eigenvalue weighted by molar-refractivity contribution is 5.96. The smallest absolute Gasteiger partial charge is 0.308 e. The molecule has 13 heteroatoms. The van der Waals surface area contributed by atoms with Crippen LogP contribution in [-0.4, -0.2) is 132 Å². The first-order chi connectivity index (χ1) is 20.2. The molecule has 0 unspecified atom stereocenters. The number of ether oxygens (including phenoxy) is 2. The fourth-order valence-corrected chi connectivity index (χ4v) is 5.79. The van der Waals surface area contributed by atoms with E-state index >= 15 is 0 Å². The molecule has 242 valence electrons. The van der Waals surface area contributed by atoms with E-state index in [0.717, 1.165) is 0 Å². The lowest BCUT2D eigenvalue weighted by Crippen LogP contribution is -2.60. The zero-order valence-corrected chi connectivity index (χ0v) is 26.8. The molecule has 0 bridgehead atoms. The highest BCUT2D eigenvalue weighted by Crippen LogP contribution is 2.25. The van der Waals surface area contributed by atoms with Crippen LogP contribution in [0.2, 0.25) is 0 Å². The number of nitrogens with zero attached hydrogens (tertiary/aromatic N) is 4. The summed E-state index contributed by atoms with van der Waals surface area (Å²) in [6, 6.07) is -3.55. The molecule has 0 aliphatic carbocycles. The van der Waals surface area contributed by atoms with Gasteiger partial charge in [-0.1, -0.05) is 34.1 Å². The molecule has 5 amide bonds. The van der Waals surface area contributed by atoms with Crippen LogP contribution in [0.25, 0.3) is 0 Å². The quantitative estimate of drug-likeness (QED) is 0.349. The van der Waals surface area contributed by atoms with Gasteiger partial charge in [-0.25, -0.2) is 0 Å². The van der Waals surface area contributed by atoms with Crippen molar-refractivity contribution in [2.24, 2.45) is 11.8 Å². The molecule has 3 rings (SSSR count). The number of carbonyl (C=O) groups is 6. The summed E-state index contributed by atoms with van der Waals surface area (Å²) >= 11 is 0. The number of likely N-dealkylation sites (N-methyl/N-ethyl adjacent to an activating group) is 3. The Bertz CT molecular complexity index is 1080. The molecule has 3 fully saturated rings. The Morgan fingerprint density at radius 1 is 0.907 bits per heavy atom. The molecule has 0 radical (unpaired) electrons. The average Bonchev–Trinajstić information content (AvgIpc) is 3.66. The fraction of sp³-hybridized carbons (Fsp3) is 0.800. The first-order valence-corrected chi connectivity index (χ1v) is 15.4. The van der Waals surface area contributed by atoms with Crippen molar-refractivity contribution in [1.82, 2.24) is 24.9 Å². The minimum Gasteiger partial charge on any atom is -0.452 e. The van der Waals surface area contributed by atoms with Crippen molar-refractivity contribution < 1.29 is 38.2 Å². The van der Waals surface area contributed by atoms with Crippen molar-refractivity contribution in [3.63, 3.8) is 0 Å². The van der Waals surface area contributed by atoms with Crippen molar-refractivity contribution in [3.05, 3.63) is 0 Å². The third-order valence-corrected chi connectivity index (χ3v) is 9.01. The van der Waals surface area contributed by atoms with Crippen LogP contribution in [0.5, 0.6) is 0 Å². The molecule has 7 atom stereocenters. The van der Waals surface area contributed by atoms with Gasteiger partial charge in [0.15, 0.2) is 6.10 Å². The molecule has 3 aliphatic heterocycles. The van der Waals surface area contributed by atoms with Crippen LogP contribution in [0.15, 0.2) is 0 Å². The molecule has 0 aromatic carbocycles. The molecule has 43 heavy (non-hydrogen) atoms. The van der Waals surface area contributed by atoms with Crippen LogP contribution < -0.4 is 5.32 Å². The lowest BCUT2D eigenvalue weighted by atomic mass is 9.94. The van der Waals surface area contributed by atoms with Crippen molar-refractivity contribution in [2.75, 3.05) is 40.8 Å². The monoisotopic (exact) mass is 607 g/mol. The van der Waals surface area contributed by atoms with Crippen LogP contribution in [-0.2, 0) is 38.2 Å². The van der Waals surface area contributed by atoms with Gasteiger partial charge in [-0.05, 0) is 31.6 Å². The van der Waals surface area contributed by atoms with Gasteiger partial charge in [0.2, 0.25) is 23.6 Å². The van der Waals surface area contributed by atoms with E-state index in [1.54, 1.807) is 14.0 Å². The number of esters is 1. The van der Waals surface area contributed by atoms with Crippen LogP contribution in [0.1, 0.15) is 66.7 Å². The minimum absolute atomic E-state index is 0.0161. The van der Waals surface area contributed by atoms with Crippen LogP contribution >= 0.6 is 0 Å². The fourth-order valence-electron chi connectivity index (χ4n) is 5.79. The summed E-state index contributed by atoms with van der Waals surface area (Å²) in [5.41, 5.74) is 0. The van der Waals surface area contributed by atoms with E-state index in [2.05, 4.69) is 5.32 Å². The van der Waals surface area contributed by atoms with Crippen LogP contribution in [0.3, 0.4) is 0 Å². The van der Waals surface area contributed by atoms with E-state index in [1.165, 1.54) is 33.7 Å². The number of rotatable bonds is 5. The van der Waals surface area contributed by atoms with Crippen molar-refractivity contribution in [3.8, 4) is 0 Å². The van der Waals surface area contributed by atoms with Gasteiger partial charge in [0.1, 0.15) is 24.2 Å². The maximum atomic E-state index is 14.0. The van der Waals surface area contributed by atoms with E-state index in [9.17, 15) is 28.8 Å². The zero-order chi connectivity index (χ0) is 32.2. The van der Waals surface area contributed by atoms with E-state index in [4.69, 9.17) is 9.47 Å². The second-order valence-corrected chi connectivity index (χ2v) is 12.5. The molecule has 0 saturated carbocycles. The standard InChI is InChI=1S/C30H49N5O8/c1-9-18(4)24-29(40)34(8)25(17(2)3)30(41)33(7)19(5)27(38)32(6)14-12-23(36)43-22(15-20-16-42-20)28(39)35-13-10-11-21(35)26(37)31-24/h17-22,24-25H,9-16H2,1-8H3,(H,31,37)/t18-,19-,20-,21-,22+,24-,25-/m0/s1. The predicted octanol–water partition coefficient (Wildman–Crippen LogP) is 0.401. The Balaban J connectivity index is 2.01. The van der Waals surface area contributed by atoms with Crippen molar-refractivity contribution in [1.29, 1.82) is 0 Å². The third kappa shape index (κ3) is 8.04. The number of epoxide rings is 1. The number of cyclic esters (lactones) is 1. The number of nitrogens with one attached hydrogen (secondary N) is 1. The molecular formula is C30H49N5O8. The summed E-state index contributed by atoms with van der Waals surface area (Å²) in [6.45, 7) is 9.78. The molecule has 3 saturated heterocycles. The molecule has 0 spiro atoms. The highest BCUT2D eigenvalue weighted by Gasteiger charge is 2.44. The number of hydrogen-bond donors (Lipinski definition) is 1. The largest absolute Gasteiger partial charge is 0.452 e. The number of fused-ring (bicyclic) bond motifs is 1. The van der Waals surface area contributed by atoms with E-state index in [-0.39, 0.29) is 43.2 Å². The van der Waals surface area contributed by atoms with Gasteiger partial charge in [-0.2, -0.15) is 0 Å². The maximum Gasteiger partial charge on any atom is 0.308 e. The Kier molecular flexibility index (Phi) is 11.6. The predicted molar refractivity (Wildman–Crippen MR) is 156 cm³/mol. The second-order valence-electron chi connectivity index (χ2n) is 12.5. The molecule has 0 aromatic rings. The van der Waals surface area contributed by atoms with Gasteiger partial charge in [0.25, 0.3) is 5.91 Å². The molecular weight excluding hydrogens is 558 g/mol. The van der Waals surface area contributed by atoms with Crippen molar-refractivity contribution >= 4 is 35.5 Å². The Labute approximate surface area is 254 Å². The Morgan fingerprint density at radius 3 is 2.14 bits per heavy atom. The zero-order valence-electron chi connectivity index (χ0n) is 26.8. The number of carbonyl (C=O) groups excluding carboxylic acids is 6. The molecule has 1 N–H and O–H groups in total. The SMILES string of the molecule is CC[C@H](C)[C@@H]1NC(=O)[C@@H]2CCCN2C(=O)[C@@H](C[C@H]2CO2)OC(=O)CCN(C)C(=O)[C@H](C)N(C)C(=O)[C@H](C(C)C)N(C)C1=O. The Hall–Kier alpha value is -3.22. The summed E-state index contributed by atoms with van der Waals surface area (Å²) < 4.78 is 10.9. The molecule has 3 heterocycles. The van der Waals surface area contributed by atoms with Gasteiger partial charge >= 0.3 is 5.97 Å². The first-order valence-electron chi connectivity index (χ1n) is 15.4. The summed E-state index contributed by atoms with van der Waals surface area (Å²) in [4.78, 5) is 86.7. The summed E-state index contributed by atoms with van der Waals surface area (Å²) in [6.07, 6.45) is 0.219. The second kappa shape index (κ2) is 14.5. The van der Waals surface area contributed by atoms with Gasteiger partial charge in [0, 0.05) is 40.7 Å². The Morgan fingerprint density at radius 2 is 1.56 bits per heavy atom.